The molecule has 1 rings (SSSR count). The van der Waals surface area contributed by atoms with E-state index >= 15 is 0 Å². The number of alkyl carbamates (subject to hydrolysis) is 1. The van der Waals surface area contributed by atoms with Gasteiger partial charge in [-0.3, -0.25) is 0 Å². The van der Waals surface area contributed by atoms with E-state index in [1.165, 1.54) is 0 Å². The number of hydrogen-bond donors (Lipinski definition) is 1. The first kappa shape index (κ1) is 10.3. The van der Waals surface area contributed by atoms with Gasteiger partial charge in [0.25, 0.3) is 0 Å². The Bertz CT molecular complexity index is 182. The van der Waals surface area contributed by atoms with Crippen LogP contribution in [0.4, 0.5) is 4.79 Å². The van der Waals surface area contributed by atoms with Crippen LogP contribution >= 0.6 is 0 Å². The minimum Gasteiger partial charge on any atom is -0.449 e. The van der Waals surface area contributed by atoms with Crippen molar-refractivity contribution in [1.82, 2.24) is 5.32 Å². The molecule has 0 radical (unpaired) electrons. The molecule has 1 aliphatic rings. The van der Waals surface area contributed by atoms with Gasteiger partial charge in [0.05, 0.1) is 13.2 Å². The molecular weight excluding hydrogens is 170 g/mol. The molecule has 0 aliphatic carbocycles. The summed E-state index contributed by atoms with van der Waals surface area (Å²) in [6.45, 7) is 7.63. The van der Waals surface area contributed by atoms with Crippen LogP contribution in [0.5, 0.6) is 0 Å². The van der Waals surface area contributed by atoms with E-state index in [1.807, 2.05) is 20.8 Å². The van der Waals surface area contributed by atoms with Crippen molar-refractivity contribution in [2.75, 3.05) is 19.8 Å². The zero-order valence-electron chi connectivity index (χ0n) is 8.42. The van der Waals surface area contributed by atoms with Gasteiger partial charge < -0.3 is 14.8 Å². The number of amides is 1. The molecule has 0 bridgehead atoms. The minimum atomic E-state index is -0.348. The first-order chi connectivity index (χ1) is 5.97. The summed E-state index contributed by atoms with van der Waals surface area (Å²) in [5, 5.41) is 2.72. The highest BCUT2D eigenvalue weighted by Gasteiger charge is 2.21. The Morgan fingerprint density at radius 2 is 2.15 bits per heavy atom. The van der Waals surface area contributed by atoms with Crippen LogP contribution in [0.15, 0.2) is 0 Å². The van der Waals surface area contributed by atoms with Crippen molar-refractivity contribution in [2.24, 2.45) is 5.92 Å². The average Bonchev–Trinajstić information content (AvgIpc) is 1.78. The number of carbonyl (C=O) groups is 1. The molecule has 76 valence electrons. The summed E-state index contributed by atoms with van der Waals surface area (Å²) in [4.78, 5) is 11.1. The Labute approximate surface area is 78.6 Å². The summed E-state index contributed by atoms with van der Waals surface area (Å²) in [6.07, 6.45) is -0.348. The lowest BCUT2D eigenvalue weighted by molar-refractivity contribution is -0.0583. The Morgan fingerprint density at radius 3 is 2.54 bits per heavy atom. The van der Waals surface area contributed by atoms with Crippen molar-refractivity contribution in [1.29, 1.82) is 0 Å². The molecule has 4 heteroatoms. The van der Waals surface area contributed by atoms with Crippen LogP contribution < -0.4 is 5.32 Å². The lowest BCUT2D eigenvalue weighted by atomic mass is 10.1. The van der Waals surface area contributed by atoms with Gasteiger partial charge in [0.15, 0.2) is 0 Å². The monoisotopic (exact) mass is 187 g/mol. The van der Waals surface area contributed by atoms with Gasteiger partial charge in [0.2, 0.25) is 0 Å². The minimum absolute atomic E-state index is 0.229. The second kappa shape index (κ2) is 3.96. The van der Waals surface area contributed by atoms with Gasteiger partial charge in [0, 0.05) is 11.5 Å². The molecule has 0 aromatic carbocycles. The van der Waals surface area contributed by atoms with Crippen molar-refractivity contribution in [2.45, 2.75) is 26.3 Å². The van der Waals surface area contributed by atoms with Gasteiger partial charge in [0.1, 0.15) is 6.61 Å². The van der Waals surface area contributed by atoms with Crippen molar-refractivity contribution >= 4 is 6.09 Å². The third kappa shape index (κ3) is 4.12. The quantitative estimate of drug-likeness (QED) is 0.705. The van der Waals surface area contributed by atoms with E-state index in [4.69, 9.17) is 9.47 Å². The molecule has 4 nitrogen and oxygen atoms in total. The highest BCUT2D eigenvalue weighted by molar-refractivity contribution is 5.68. The predicted octanol–water partition coefficient (Wildman–Crippen LogP) is 1.16. The van der Waals surface area contributed by atoms with E-state index in [2.05, 4.69) is 5.32 Å². The van der Waals surface area contributed by atoms with E-state index < -0.39 is 0 Å². The maximum absolute atomic E-state index is 11.1. The van der Waals surface area contributed by atoms with E-state index in [1.54, 1.807) is 0 Å². The van der Waals surface area contributed by atoms with Gasteiger partial charge in [-0.25, -0.2) is 4.79 Å². The van der Waals surface area contributed by atoms with Crippen LogP contribution in [-0.4, -0.2) is 31.5 Å². The van der Waals surface area contributed by atoms with Gasteiger partial charge in [-0.2, -0.15) is 0 Å². The fourth-order valence-electron chi connectivity index (χ4n) is 0.917. The zero-order valence-corrected chi connectivity index (χ0v) is 8.42. The second-order valence-corrected chi connectivity index (χ2v) is 4.38. The summed E-state index contributed by atoms with van der Waals surface area (Å²) in [6, 6.07) is 0. The van der Waals surface area contributed by atoms with Crippen molar-refractivity contribution < 1.29 is 14.3 Å². The SMILES string of the molecule is CC(C)(C)NC(=O)OCC1COC1. The molecule has 0 unspecified atom stereocenters. The van der Waals surface area contributed by atoms with Gasteiger partial charge in [-0.1, -0.05) is 0 Å². The van der Waals surface area contributed by atoms with Crippen LogP contribution in [-0.2, 0) is 9.47 Å². The standard InChI is InChI=1S/C9H17NO3/c1-9(2,3)10-8(11)13-6-7-4-12-5-7/h7H,4-6H2,1-3H3,(H,10,11). The number of rotatable bonds is 2. The number of nitrogens with one attached hydrogen (secondary N) is 1. The fourth-order valence-corrected chi connectivity index (χ4v) is 0.917. The van der Waals surface area contributed by atoms with Crippen molar-refractivity contribution in [3.63, 3.8) is 0 Å². The lowest BCUT2D eigenvalue weighted by Crippen LogP contribution is -2.42. The number of ether oxygens (including phenoxy) is 2. The summed E-state index contributed by atoms with van der Waals surface area (Å²) < 4.78 is 9.95. The molecule has 1 heterocycles. The van der Waals surface area contributed by atoms with Crippen LogP contribution in [0.1, 0.15) is 20.8 Å². The topological polar surface area (TPSA) is 47.6 Å². The Morgan fingerprint density at radius 1 is 1.54 bits per heavy atom. The highest BCUT2D eigenvalue weighted by atomic mass is 16.6. The molecular formula is C9H17NO3. The predicted molar refractivity (Wildman–Crippen MR) is 48.5 cm³/mol. The Kier molecular flexibility index (Phi) is 3.14. The van der Waals surface area contributed by atoms with Crippen molar-refractivity contribution in [3.8, 4) is 0 Å². The van der Waals surface area contributed by atoms with Crippen molar-refractivity contribution in [3.05, 3.63) is 0 Å². The van der Waals surface area contributed by atoms with E-state index in [9.17, 15) is 4.79 Å². The molecule has 13 heavy (non-hydrogen) atoms. The van der Waals surface area contributed by atoms with E-state index in [0.717, 1.165) is 0 Å². The summed E-state index contributed by atoms with van der Waals surface area (Å²) in [7, 11) is 0. The third-order valence-electron chi connectivity index (χ3n) is 1.63. The average molecular weight is 187 g/mol. The first-order valence-electron chi connectivity index (χ1n) is 4.50. The molecule has 0 spiro atoms. The first-order valence-corrected chi connectivity index (χ1v) is 4.50. The normalized spacial score (nSPS) is 17.8. The molecule has 0 aromatic rings. The molecule has 1 aliphatic heterocycles. The summed E-state index contributed by atoms with van der Waals surface area (Å²) in [5.74, 6) is 0.394. The molecule has 0 aromatic heterocycles. The van der Waals surface area contributed by atoms with Crippen LogP contribution in [0.2, 0.25) is 0 Å². The van der Waals surface area contributed by atoms with Gasteiger partial charge in [-0.15, -0.1) is 0 Å². The third-order valence-corrected chi connectivity index (χ3v) is 1.63. The Balaban J connectivity index is 2.10. The van der Waals surface area contributed by atoms with E-state index in [0.29, 0.717) is 25.7 Å². The maximum Gasteiger partial charge on any atom is 0.407 e. The highest BCUT2D eigenvalue weighted by Crippen LogP contribution is 2.10. The number of hydrogen-bond acceptors (Lipinski definition) is 3. The van der Waals surface area contributed by atoms with Crippen LogP contribution in [0, 0.1) is 5.92 Å². The van der Waals surface area contributed by atoms with Gasteiger partial charge in [-0.05, 0) is 20.8 Å². The smallest absolute Gasteiger partial charge is 0.407 e. The second-order valence-electron chi connectivity index (χ2n) is 4.38. The number of carbonyl (C=O) groups excluding carboxylic acids is 1. The molecule has 1 N–H and O–H groups in total. The molecule has 0 atom stereocenters. The maximum atomic E-state index is 11.1. The van der Waals surface area contributed by atoms with Crippen LogP contribution in [0.25, 0.3) is 0 Å². The lowest BCUT2D eigenvalue weighted by Gasteiger charge is -2.26. The van der Waals surface area contributed by atoms with E-state index in [-0.39, 0.29) is 11.6 Å². The van der Waals surface area contributed by atoms with Gasteiger partial charge >= 0.3 is 6.09 Å². The summed E-state index contributed by atoms with van der Waals surface area (Å²) >= 11 is 0. The molecule has 1 saturated heterocycles. The summed E-state index contributed by atoms with van der Waals surface area (Å²) in [5.41, 5.74) is -0.229. The largest absolute Gasteiger partial charge is 0.449 e. The fraction of sp³-hybridized carbons (Fsp3) is 0.889. The molecule has 1 fully saturated rings. The van der Waals surface area contributed by atoms with Crippen LogP contribution in [0.3, 0.4) is 0 Å². The zero-order chi connectivity index (χ0) is 9.90. The molecule has 1 amide bonds. The Hall–Kier alpha value is -0.770. The molecule has 0 saturated carbocycles.